The molecule has 0 bridgehead atoms. The first-order chi connectivity index (χ1) is 6.22. The average molecular weight is 196 g/mol. The number of carbonyl (C=O) groups excluding carboxylic acids is 2. The number of hydrogen-bond donors (Lipinski definition) is 1. The Hall–Kier alpha value is -1.16. The smallest absolute Gasteiger partial charge is 0.225 e. The Kier molecular flexibility index (Phi) is 3.64. The Morgan fingerprint density at radius 1 is 1.77 bits per heavy atom. The van der Waals surface area contributed by atoms with E-state index in [2.05, 4.69) is 5.32 Å². The molecule has 69 valence electrons. The summed E-state index contributed by atoms with van der Waals surface area (Å²) in [6, 6.07) is 1.37. The fraction of sp³-hybridized carbons (Fsp3) is 0.333. The van der Waals surface area contributed by atoms with Crippen molar-refractivity contribution in [2.24, 2.45) is 0 Å². The van der Waals surface area contributed by atoms with Gasteiger partial charge in [0.05, 0.1) is 12.5 Å². The van der Waals surface area contributed by atoms with Crippen molar-refractivity contribution >= 4 is 23.5 Å². The second-order valence-corrected chi connectivity index (χ2v) is 3.50. The molecule has 1 N–H and O–H groups in total. The highest BCUT2D eigenvalue weighted by Gasteiger charge is 2.07. The van der Waals surface area contributed by atoms with Crippen molar-refractivity contribution < 1.29 is 9.59 Å². The molecule has 0 spiro atoms. The SMILES string of the molecule is C[C@@H]([C]=O)NC(=O)Cc1ccsc1. The first-order valence-electron chi connectivity index (χ1n) is 3.90. The molecule has 1 aromatic rings. The molecule has 1 rings (SSSR count). The minimum Gasteiger partial charge on any atom is -0.346 e. The molecular formula is C9H10NO2S. The van der Waals surface area contributed by atoms with Crippen LogP contribution in [0, 0.1) is 0 Å². The molecule has 4 heteroatoms. The predicted octanol–water partition coefficient (Wildman–Crippen LogP) is 0.905. The zero-order valence-electron chi connectivity index (χ0n) is 7.24. The lowest BCUT2D eigenvalue weighted by molar-refractivity contribution is -0.120. The first kappa shape index (κ1) is 9.92. The van der Waals surface area contributed by atoms with Crippen molar-refractivity contribution in [3.05, 3.63) is 22.4 Å². The van der Waals surface area contributed by atoms with E-state index in [9.17, 15) is 9.59 Å². The lowest BCUT2D eigenvalue weighted by Gasteiger charge is -2.04. The van der Waals surface area contributed by atoms with E-state index in [4.69, 9.17) is 0 Å². The molecule has 0 aliphatic heterocycles. The highest BCUT2D eigenvalue weighted by Crippen LogP contribution is 2.06. The van der Waals surface area contributed by atoms with Crippen LogP contribution in [-0.2, 0) is 16.0 Å². The van der Waals surface area contributed by atoms with E-state index in [1.165, 1.54) is 0 Å². The van der Waals surface area contributed by atoms with Crippen molar-refractivity contribution in [3.8, 4) is 0 Å². The standard InChI is InChI=1S/C9H10NO2S/c1-7(5-11)10-9(12)4-8-2-3-13-6-8/h2-3,6-7H,4H2,1H3,(H,10,12)/t7-/m0/s1. The molecule has 0 unspecified atom stereocenters. The van der Waals surface area contributed by atoms with Crippen molar-refractivity contribution in [2.45, 2.75) is 19.4 Å². The average Bonchev–Trinajstić information content (AvgIpc) is 2.56. The third-order valence-corrected chi connectivity index (χ3v) is 2.23. The minimum absolute atomic E-state index is 0.144. The van der Waals surface area contributed by atoms with E-state index in [0.29, 0.717) is 6.42 Å². The normalized spacial score (nSPS) is 12.1. The van der Waals surface area contributed by atoms with E-state index in [1.54, 1.807) is 24.5 Å². The van der Waals surface area contributed by atoms with Crippen LogP contribution in [0.1, 0.15) is 12.5 Å². The van der Waals surface area contributed by atoms with Gasteiger partial charge >= 0.3 is 0 Å². The summed E-state index contributed by atoms with van der Waals surface area (Å²) < 4.78 is 0. The Bertz CT molecular complexity index is 282. The van der Waals surface area contributed by atoms with Crippen LogP contribution in [0.5, 0.6) is 0 Å². The molecule has 1 radical (unpaired) electrons. The van der Waals surface area contributed by atoms with Crippen LogP contribution in [0.2, 0.25) is 0 Å². The molecule has 0 aromatic carbocycles. The van der Waals surface area contributed by atoms with Gasteiger partial charge in [-0.25, -0.2) is 0 Å². The second kappa shape index (κ2) is 4.77. The molecule has 3 nitrogen and oxygen atoms in total. The molecular weight excluding hydrogens is 186 g/mol. The van der Waals surface area contributed by atoms with Gasteiger partial charge in [-0.2, -0.15) is 11.3 Å². The molecule has 0 saturated carbocycles. The molecule has 1 aromatic heterocycles. The van der Waals surface area contributed by atoms with E-state index in [-0.39, 0.29) is 5.91 Å². The van der Waals surface area contributed by atoms with Crippen molar-refractivity contribution in [1.29, 1.82) is 0 Å². The summed E-state index contributed by atoms with van der Waals surface area (Å²) in [7, 11) is 0. The summed E-state index contributed by atoms with van der Waals surface area (Å²) in [5.74, 6) is -0.144. The quantitative estimate of drug-likeness (QED) is 0.777. The maximum Gasteiger partial charge on any atom is 0.225 e. The van der Waals surface area contributed by atoms with Crippen LogP contribution in [0.4, 0.5) is 0 Å². The lowest BCUT2D eigenvalue weighted by Crippen LogP contribution is -2.34. The van der Waals surface area contributed by atoms with Gasteiger partial charge < -0.3 is 5.32 Å². The van der Waals surface area contributed by atoms with E-state index in [1.807, 2.05) is 16.8 Å². The van der Waals surface area contributed by atoms with Gasteiger partial charge in [-0.05, 0) is 29.3 Å². The third-order valence-electron chi connectivity index (χ3n) is 1.50. The number of rotatable bonds is 4. The summed E-state index contributed by atoms with van der Waals surface area (Å²) in [4.78, 5) is 21.3. The van der Waals surface area contributed by atoms with Gasteiger partial charge in [0.25, 0.3) is 0 Å². The first-order valence-corrected chi connectivity index (χ1v) is 4.84. The van der Waals surface area contributed by atoms with Crippen LogP contribution in [0.25, 0.3) is 0 Å². The van der Waals surface area contributed by atoms with Gasteiger partial charge in [0, 0.05) is 0 Å². The number of carbonyl (C=O) groups is 1. The number of hydrogen-bond acceptors (Lipinski definition) is 3. The summed E-state index contributed by atoms with van der Waals surface area (Å²) in [6.45, 7) is 1.60. The van der Waals surface area contributed by atoms with Gasteiger partial charge in [-0.3, -0.25) is 9.59 Å². The molecule has 0 aliphatic carbocycles. The van der Waals surface area contributed by atoms with E-state index in [0.717, 1.165) is 5.56 Å². The molecule has 1 atom stereocenters. The highest BCUT2D eigenvalue weighted by molar-refractivity contribution is 7.07. The summed E-state index contributed by atoms with van der Waals surface area (Å²) >= 11 is 1.55. The molecule has 0 saturated heterocycles. The van der Waals surface area contributed by atoms with Crippen LogP contribution in [0.15, 0.2) is 16.8 Å². The van der Waals surface area contributed by atoms with Gasteiger partial charge in [0.2, 0.25) is 12.2 Å². The van der Waals surface area contributed by atoms with Crippen LogP contribution in [-0.4, -0.2) is 18.2 Å². The summed E-state index contributed by atoms with van der Waals surface area (Å²) in [6.07, 6.45) is 2.02. The molecule has 0 fully saturated rings. The predicted molar refractivity (Wildman–Crippen MR) is 51.3 cm³/mol. The summed E-state index contributed by atoms with van der Waals surface area (Å²) in [5, 5.41) is 6.34. The number of amides is 1. The van der Waals surface area contributed by atoms with Gasteiger partial charge in [-0.15, -0.1) is 0 Å². The molecule has 1 heterocycles. The maximum absolute atomic E-state index is 11.2. The van der Waals surface area contributed by atoms with Gasteiger partial charge in [-0.1, -0.05) is 0 Å². The molecule has 0 aliphatic rings. The third kappa shape index (κ3) is 3.38. The zero-order valence-corrected chi connectivity index (χ0v) is 8.06. The Morgan fingerprint density at radius 3 is 3.08 bits per heavy atom. The van der Waals surface area contributed by atoms with Crippen molar-refractivity contribution in [3.63, 3.8) is 0 Å². The number of thiophene rings is 1. The van der Waals surface area contributed by atoms with E-state index < -0.39 is 6.04 Å². The fourth-order valence-electron chi connectivity index (χ4n) is 0.901. The van der Waals surface area contributed by atoms with Gasteiger partial charge in [0.15, 0.2) is 0 Å². The highest BCUT2D eigenvalue weighted by atomic mass is 32.1. The summed E-state index contributed by atoms with van der Waals surface area (Å²) in [5.41, 5.74) is 0.973. The van der Waals surface area contributed by atoms with Gasteiger partial charge in [0.1, 0.15) is 0 Å². The molecule has 13 heavy (non-hydrogen) atoms. The van der Waals surface area contributed by atoms with Crippen LogP contribution in [0.3, 0.4) is 0 Å². The minimum atomic E-state index is -0.522. The molecule has 1 amide bonds. The largest absolute Gasteiger partial charge is 0.346 e. The van der Waals surface area contributed by atoms with Crippen molar-refractivity contribution in [2.75, 3.05) is 0 Å². The maximum atomic E-state index is 11.2. The van der Waals surface area contributed by atoms with Crippen molar-refractivity contribution in [1.82, 2.24) is 5.32 Å². The fourth-order valence-corrected chi connectivity index (χ4v) is 1.57. The lowest BCUT2D eigenvalue weighted by atomic mass is 10.2. The number of nitrogens with one attached hydrogen (secondary N) is 1. The Balaban J connectivity index is 2.38. The Labute approximate surface area is 80.8 Å². The zero-order chi connectivity index (χ0) is 9.68. The van der Waals surface area contributed by atoms with E-state index >= 15 is 0 Å². The van der Waals surface area contributed by atoms with Crippen LogP contribution >= 0.6 is 11.3 Å². The van der Waals surface area contributed by atoms with Crippen LogP contribution < -0.4 is 5.32 Å². The monoisotopic (exact) mass is 196 g/mol. The second-order valence-electron chi connectivity index (χ2n) is 2.72. The Morgan fingerprint density at radius 2 is 2.54 bits per heavy atom. The topological polar surface area (TPSA) is 46.2 Å².